The van der Waals surface area contributed by atoms with Gasteiger partial charge in [0.25, 0.3) is 5.56 Å². The Hall–Kier alpha value is -2.86. The molecule has 5 rings (SSSR count). The van der Waals surface area contributed by atoms with Gasteiger partial charge in [-0.25, -0.2) is 4.68 Å². The topological polar surface area (TPSA) is 66.9 Å². The third kappa shape index (κ3) is 2.22. The largest absolute Gasteiger partial charge is 0.343 e. The Morgan fingerprint density at radius 2 is 1.88 bits per heavy atom. The Morgan fingerprint density at radius 3 is 2.65 bits per heavy atom. The van der Waals surface area contributed by atoms with Gasteiger partial charge in [-0.2, -0.15) is 0 Å². The fraction of sp³-hybridized carbons (Fsp3) is 0.200. The van der Waals surface area contributed by atoms with E-state index in [1.165, 1.54) is 0 Å². The molecule has 3 heterocycles. The molecule has 2 aromatic heterocycles. The van der Waals surface area contributed by atoms with Crippen LogP contribution >= 0.6 is 11.3 Å². The van der Waals surface area contributed by atoms with Gasteiger partial charge in [-0.15, -0.1) is 11.3 Å². The highest BCUT2D eigenvalue weighted by Gasteiger charge is 2.39. The molecule has 3 aromatic rings. The molecule has 0 saturated carbocycles. The maximum absolute atomic E-state index is 13.3. The van der Waals surface area contributed by atoms with Crippen molar-refractivity contribution in [1.82, 2.24) is 9.78 Å². The molecule has 0 radical (unpaired) electrons. The number of para-hydroxylation sites is 1. The molecule has 1 atom stereocenters. The van der Waals surface area contributed by atoms with Gasteiger partial charge < -0.3 is 5.32 Å². The quantitative estimate of drug-likeness (QED) is 0.728. The fourth-order valence-electron chi connectivity index (χ4n) is 3.94. The van der Waals surface area contributed by atoms with Crippen LogP contribution in [0.5, 0.6) is 0 Å². The number of nitrogens with zero attached hydrogens (tertiary/aromatic N) is 1. The van der Waals surface area contributed by atoms with Crippen LogP contribution in [-0.4, -0.2) is 15.6 Å². The van der Waals surface area contributed by atoms with Crippen LogP contribution in [0.3, 0.4) is 0 Å². The number of carbonyl (C=O) groups is 1. The number of hydrogen-bond acceptors (Lipinski definition) is 4. The van der Waals surface area contributed by atoms with Crippen molar-refractivity contribution in [3.05, 3.63) is 79.9 Å². The summed E-state index contributed by atoms with van der Waals surface area (Å²) in [5, 5.41) is 8.54. The number of rotatable bonds is 2. The normalized spacial score (nSPS) is 19.1. The monoisotopic (exact) mass is 363 g/mol. The summed E-state index contributed by atoms with van der Waals surface area (Å²) in [6.45, 7) is 0. The molecule has 5 nitrogen and oxygen atoms in total. The van der Waals surface area contributed by atoms with E-state index in [4.69, 9.17) is 0 Å². The molecule has 0 bridgehead atoms. The Bertz CT molecular complexity index is 1070. The first-order valence-electron chi connectivity index (χ1n) is 8.71. The molecule has 0 unspecified atom stereocenters. The molecule has 1 aliphatic carbocycles. The standard InChI is InChI=1S/C20H17N3O2S/c24-14-9-4-8-13-16(14)17(15-10-5-11-26-15)18-19(21-13)22-23(20(18)25)12-6-2-1-3-7-12/h1-3,5-7,10-11,17,21-22H,4,8-9H2/t17-/m1/s1. The van der Waals surface area contributed by atoms with Gasteiger partial charge in [-0.1, -0.05) is 24.3 Å². The van der Waals surface area contributed by atoms with Crippen molar-refractivity contribution in [2.75, 3.05) is 5.32 Å². The van der Waals surface area contributed by atoms with E-state index in [-0.39, 0.29) is 17.3 Å². The molecule has 1 aromatic carbocycles. The summed E-state index contributed by atoms with van der Waals surface area (Å²) in [6, 6.07) is 13.5. The lowest BCUT2D eigenvalue weighted by atomic mass is 9.79. The number of H-pyrrole nitrogens is 1. The Morgan fingerprint density at radius 1 is 1.04 bits per heavy atom. The van der Waals surface area contributed by atoms with Crippen LogP contribution in [-0.2, 0) is 4.79 Å². The third-order valence-corrected chi connectivity index (χ3v) is 6.02. The van der Waals surface area contributed by atoms with Gasteiger partial charge in [-0.3, -0.25) is 14.7 Å². The second-order valence-electron chi connectivity index (χ2n) is 6.62. The van der Waals surface area contributed by atoms with Gasteiger partial charge in [0.05, 0.1) is 17.2 Å². The van der Waals surface area contributed by atoms with Gasteiger partial charge in [-0.05, 0) is 36.4 Å². The molecule has 2 aliphatic rings. The highest BCUT2D eigenvalue weighted by molar-refractivity contribution is 7.10. The Balaban J connectivity index is 1.75. The Kier molecular flexibility index (Phi) is 3.46. The zero-order valence-corrected chi connectivity index (χ0v) is 14.8. The van der Waals surface area contributed by atoms with E-state index in [1.54, 1.807) is 16.0 Å². The minimum absolute atomic E-state index is 0.109. The first-order valence-corrected chi connectivity index (χ1v) is 9.59. The van der Waals surface area contributed by atoms with E-state index >= 15 is 0 Å². The number of allylic oxidation sites excluding steroid dienone is 2. The SMILES string of the molecule is O=C1CCCC2=C1[C@@H](c1cccs1)c1c([nH]n(-c3ccccc3)c1=O)N2. The van der Waals surface area contributed by atoms with Gasteiger partial charge in [0, 0.05) is 22.6 Å². The maximum Gasteiger partial charge on any atom is 0.277 e. The van der Waals surface area contributed by atoms with E-state index in [0.717, 1.165) is 34.7 Å². The first-order chi connectivity index (χ1) is 12.7. The van der Waals surface area contributed by atoms with E-state index in [0.29, 0.717) is 17.8 Å². The number of benzene rings is 1. The molecular weight excluding hydrogens is 346 g/mol. The maximum atomic E-state index is 13.3. The van der Waals surface area contributed by atoms with Gasteiger partial charge in [0.1, 0.15) is 5.82 Å². The van der Waals surface area contributed by atoms with Crippen molar-refractivity contribution >= 4 is 22.9 Å². The second-order valence-corrected chi connectivity index (χ2v) is 7.60. The average Bonchev–Trinajstić information content (AvgIpc) is 3.30. The summed E-state index contributed by atoms with van der Waals surface area (Å²) in [5.41, 5.74) is 3.02. The number of nitrogens with one attached hydrogen (secondary N) is 2. The predicted molar refractivity (Wildman–Crippen MR) is 102 cm³/mol. The van der Waals surface area contributed by atoms with Crippen LogP contribution in [0.25, 0.3) is 5.69 Å². The molecule has 0 amide bonds. The third-order valence-electron chi connectivity index (χ3n) is 5.08. The van der Waals surface area contributed by atoms with Crippen LogP contribution in [0.15, 0.2) is 63.9 Å². The van der Waals surface area contributed by atoms with Crippen molar-refractivity contribution in [3.63, 3.8) is 0 Å². The fourth-order valence-corrected chi connectivity index (χ4v) is 4.78. The number of fused-ring (bicyclic) bond motifs is 1. The zero-order valence-electron chi connectivity index (χ0n) is 14.0. The van der Waals surface area contributed by atoms with E-state index in [2.05, 4.69) is 10.4 Å². The van der Waals surface area contributed by atoms with Crippen LogP contribution in [0, 0.1) is 0 Å². The lowest BCUT2D eigenvalue weighted by Gasteiger charge is -2.30. The number of aromatic nitrogens is 2. The molecule has 0 spiro atoms. The molecule has 0 fully saturated rings. The molecule has 6 heteroatoms. The molecule has 2 N–H and O–H groups in total. The summed E-state index contributed by atoms with van der Waals surface area (Å²) in [6.07, 6.45) is 2.23. The van der Waals surface area contributed by atoms with Crippen LogP contribution in [0.4, 0.5) is 5.82 Å². The summed E-state index contributed by atoms with van der Waals surface area (Å²) in [7, 11) is 0. The Labute approximate surface area is 154 Å². The molecule has 26 heavy (non-hydrogen) atoms. The number of thiophene rings is 1. The number of anilines is 1. The van der Waals surface area contributed by atoms with Crippen molar-refractivity contribution in [2.45, 2.75) is 25.2 Å². The van der Waals surface area contributed by atoms with Crippen molar-refractivity contribution in [3.8, 4) is 5.69 Å². The van der Waals surface area contributed by atoms with Gasteiger partial charge in [0.15, 0.2) is 5.78 Å². The number of Topliss-reactive ketones (excluding diaryl/α,β-unsaturated/α-hetero) is 1. The zero-order chi connectivity index (χ0) is 17.7. The van der Waals surface area contributed by atoms with Crippen molar-refractivity contribution in [2.24, 2.45) is 0 Å². The lowest BCUT2D eigenvalue weighted by Crippen LogP contribution is -2.29. The van der Waals surface area contributed by atoms with Gasteiger partial charge >= 0.3 is 0 Å². The van der Waals surface area contributed by atoms with Crippen molar-refractivity contribution in [1.29, 1.82) is 0 Å². The summed E-state index contributed by atoms with van der Waals surface area (Å²) < 4.78 is 1.56. The van der Waals surface area contributed by atoms with E-state index < -0.39 is 0 Å². The second kappa shape index (κ2) is 5.85. The highest BCUT2D eigenvalue weighted by Crippen LogP contribution is 2.44. The molecule has 0 saturated heterocycles. The predicted octanol–water partition coefficient (Wildman–Crippen LogP) is 3.79. The van der Waals surface area contributed by atoms with E-state index in [1.807, 2.05) is 47.8 Å². The average molecular weight is 363 g/mol. The molecule has 130 valence electrons. The number of hydrogen-bond donors (Lipinski definition) is 2. The van der Waals surface area contributed by atoms with Gasteiger partial charge in [0.2, 0.25) is 0 Å². The van der Waals surface area contributed by atoms with Crippen LogP contribution in [0.2, 0.25) is 0 Å². The number of ketones is 1. The van der Waals surface area contributed by atoms with E-state index in [9.17, 15) is 9.59 Å². The summed E-state index contributed by atoms with van der Waals surface area (Å²) >= 11 is 1.59. The van der Waals surface area contributed by atoms with Crippen LogP contribution < -0.4 is 10.9 Å². The lowest BCUT2D eigenvalue weighted by molar-refractivity contribution is -0.116. The molecular formula is C20H17N3O2S. The van der Waals surface area contributed by atoms with Crippen molar-refractivity contribution < 1.29 is 4.79 Å². The number of aromatic amines is 1. The summed E-state index contributed by atoms with van der Waals surface area (Å²) in [4.78, 5) is 27.0. The molecule has 1 aliphatic heterocycles. The highest BCUT2D eigenvalue weighted by atomic mass is 32.1. The minimum Gasteiger partial charge on any atom is -0.343 e. The van der Waals surface area contributed by atoms with Crippen LogP contribution in [0.1, 0.15) is 35.6 Å². The summed E-state index contributed by atoms with van der Waals surface area (Å²) in [5.74, 6) is 0.558. The first kappa shape index (κ1) is 15.4. The minimum atomic E-state index is -0.289. The number of carbonyl (C=O) groups excluding carboxylic acids is 1. The smallest absolute Gasteiger partial charge is 0.277 e.